The van der Waals surface area contributed by atoms with Crippen LogP contribution in [-0.2, 0) is 14.3 Å². The number of nitrogens with zero attached hydrogens (tertiary/aromatic N) is 1. The Labute approximate surface area is 135 Å². The van der Waals surface area contributed by atoms with Gasteiger partial charge in [-0.1, -0.05) is 32.2 Å². The molecule has 1 unspecified atom stereocenters. The third-order valence-electron chi connectivity index (χ3n) is 3.03. The number of hydrogen-bond donors (Lipinski definition) is 2. The summed E-state index contributed by atoms with van der Waals surface area (Å²) in [7, 11) is 1.42. The second-order valence-electron chi connectivity index (χ2n) is 4.69. The van der Waals surface area contributed by atoms with Gasteiger partial charge in [-0.25, -0.2) is 9.59 Å². The van der Waals surface area contributed by atoms with E-state index < -0.39 is 30.2 Å². The van der Waals surface area contributed by atoms with Crippen molar-refractivity contribution in [3.05, 3.63) is 25.3 Å². The van der Waals surface area contributed by atoms with E-state index in [2.05, 4.69) is 18.5 Å². The monoisotopic (exact) mass is 328 g/mol. The fraction of sp³-hybridized carbons (Fsp3) is 0.533. The van der Waals surface area contributed by atoms with Crippen LogP contribution in [0.5, 0.6) is 0 Å². The predicted molar refractivity (Wildman–Crippen MR) is 84.1 cm³/mol. The lowest BCUT2D eigenvalue weighted by Crippen LogP contribution is -2.53. The molecule has 23 heavy (non-hydrogen) atoms. The number of carboxylic acids is 1. The molecule has 130 valence electrons. The molecule has 0 radical (unpaired) electrons. The molecule has 0 saturated heterocycles. The first kappa shape index (κ1) is 20.5. The van der Waals surface area contributed by atoms with Crippen LogP contribution in [0.4, 0.5) is 9.59 Å². The number of likely N-dealkylation sites (N-methyl/N-ethyl adjacent to an activating group) is 1. The number of aliphatic carboxylic acids is 1. The molecule has 2 atom stereocenters. The largest absolute Gasteiger partial charge is 0.481 e. The van der Waals surface area contributed by atoms with Crippen LogP contribution in [0.2, 0.25) is 0 Å². The fourth-order valence-corrected chi connectivity index (χ4v) is 1.89. The topological polar surface area (TPSA) is 105 Å². The van der Waals surface area contributed by atoms with Gasteiger partial charge < -0.3 is 24.8 Å². The molecule has 0 spiro atoms. The lowest BCUT2D eigenvalue weighted by Gasteiger charge is -2.32. The van der Waals surface area contributed by atoms with Gasteiger partial charge in [0.1, 0.15) is 13.2 Å². The lowest BCUT2D eigenvalue weighted by molar-refractivity contribution is -0.138. The van der Waals surface area contributed by atoms with Gasteiger partial charge in [-0.2, -0.15) is 0 Å². The molecule has 0 bridgehead atoms. The van der Waals surface area contributed by atoms with Gasteiger partial charge in [0.15, 0.2) is 0 Å². The number of ether oxygens (including phenoxy) is 2. The molecule has 8 heteroatoms. The van der Waals surface area contributed by atoms with Gasteiger partial charge in [0.05, 0.1) is 18.5 Å². The van der Waals surface area contributed by atoms with Crippen molar-refractivity contribution < 1.29 is 29.0 Å². The van der Waals surface area contributed by atoms with Crippen molar-refractivity contribution in [3.8, 4) is 0 Å². The van der Waals surface area contributed by atoms with Crippen LogP contribution in [0.3, 0.4) is 0 Å². The molecule has 0 aliphatic rings. The molecule has 0 aromatic heterocycles. The first-order valence-corrected chi connectivity index (χ1v) is 7.13. The molecule has 2 amide bonds. The summed E-state index contributed by atoms with van der Waals surface area (Å²) in [5.41, 5.74) is 0. The number of nitrogens with one attached hydrogen (secondary N) is 1. The van der Waals surface area contributed by atoms with Crippen molar-refractivity contribution in [2.45, 2.75) is 31.8 Å². The Bertz CT molecular complexity index is 438. The van der Waals surface area contributed by atoms with Gasteiger partial charge in [-0.3, -0.25) is 4.79 Å². The Hall–Kier alpha value is -2.51. The summed E-state index contributed by atoms with van der Waals surface area (Å²) in [6.45, 7) is 8.66. The molecule has 0 rings (SSSR count). The summed E-state index contributed by atoms with van der Waals surface area (Å²) < 4.78 is 9.72. The van der Waals surface area contributed by atoms with Crippen LogP contribution >= 0.6 is 0 Å². The summed E-state index contributed by atoms with van der Waals surface area (Å²) in [5, 5.41) is 11.6. The first-order valence-electron chi connectivity index (χ1n) is 7.13. The number of carbonyl (C=O) groups excluding carboxylic acids is 2. The Morgan fingerprint density at radius 1 is 1.22 bits per heavy atom. The number of carbonyl (C=O) groups is 3. The van der Waals surface area contributed by atoms with Gasteiger partial charge in [-0.05, 0) is 6.42 Å². The maximum absolute atomic E-state index is 11.9. The van der Waals surface area contributed by atoms with E-state index in [1.54, 1.807) is 6.92 Å². The molecule has 0 aliphatic heterocycles. The molecule has 2 N–H and O–H groups in total. The van der Waals surface area contributed by atoms with Crippen LogP contribution in [0.15, 0.2) is 25.3 Å². The molecule has 0 saturated carbocycles. The second kappa shape index (κ2) is 11.1. The number of carboxylic acid groups (broad SMARTS) is 1. The lowest BCUT2D eigenvalue weighted by atomic mass is 10.0. The molecule has 0 aromatic carbocycles. The summed E-state index contributed by atoms with van der Waals surface area (Å²) in [6.07, 6.45) is 1.46. The summed E-state index contributed by atoms with van der Waals surface area (Å²) in [5.74, 6) is -1.10. The maximum atomic E-state index is 11.9. The average molecular weight is 328 g/mol. The Balaban J connectivity index is 5.03. The zero-order valence-electron chi connectivity index (χ0n) is 13.5. The normalized spacial score (nSPS) is 12.4. The summed E-state index contributed by atoms with van der Waals surface area (Å²) in [4.78, 5) is 35.8. The molecule has 0 aromatic rings. The SMILES string of the molecule is C=CCOC(=O)NC(CC)[C@H](CC(=O)O)N(C)C(=O)OCC=C. The second-order valence-corrected chi connectivity index (χ2v) is 4.69. The van der Waals surface area contributed by atoms with Gasteiger partial charge in [0.25, 0.3) is 0 Å². The molecule has 0 fully saturated rings. The van der Waals surface area contributed by atoms with Crippen LogP contribution in [-0.4, -0.2) is 60.5 Å². The number of hydrogen-bond acceptors (Lipinski definition) is 5. The summed E-state index contributed by atoms with van der Waals surface area (Å²) >= 11 is 0. The standard InChI is InChI=1S/C15H24N2O6/c1-5-8-22-14(20)16-11(7-3)12(10-13(18)19)17(4)15(21)23-9-6-2/h5-6,11-12H,1-2,7-10H2,3-4H3,(H,16,20)(H,18,19)/t11?,12-/m0/s1. The van der Waals surface area contributed by atoms with Gasteiger partial charge >= 0.3 is 18.2 Å². The van der Waals surface area contributed by atoms with Crippen LogP contribution < -0.4 is 5.32 Å². The predicted octanol–water partition coefficient (Wildman–Crippen LogP) is 1.77. The minimum atomic E-state index is -1.10. The van der Waals surface area contributed by atoms with Crippen molar-refractivity contribution >= 4 is 18.2 Å². The van der Waals surface area contributed by atoms with E-state index in [-0.39, 0.29) is 19.6 Å². The zero-order chi connectivity index (χ0) is 17.8. The highest BCUT2D eigenvalue weighted by molar-refractivity contribution is 5.72. The van der Waals surface area contributed by atoms with E-state index in [9.17, 15) is 14.4 Å². The quantitative estimate of drug-likeness (QED) is 0.592. The number of rotatable bonds is 10. The summed E-state index contributed by atoms with van der Waals surface area (Å²) in [6, 6.07) is -1.39. The zero-order valence-corrected chi connectivity index (χ0v) is 13.5. The molecular weight excluding hydrogens is 304 g/mol. The maximum Gasteiger partial charge on any atom is 0.410 e. The van der Waals surface area contributed by atoms with Crippen LogP contribution in [0.25, 0.3) is 0 Å². The number of amides is 2. The highest BCUT2D eigenvalue weighted by Crippen LogP contribution is 2.13. The minimum Gasteiger partial charge on any atom is -0.481 e. The van der Waals surface area contributed by atoms with E-state index in [1.165, 1.54) is 19.2 Å². The molecule has 8 nitrogen and oxygen atoms in total. The first-order chi connectivity index (χ1) is 10.9. The average Bonchev–Trinajstić information content (AvgIpc) is 2.52. The molecular formula is C15H24N2O6. The highest BCUT2D eigenvalue weighted by Gasteiger charge is 2.31. The Morgan fingerprint density at radius 2 is 1.78 bits per heavy atom. The third-order valence-corrected chi connectivity index (χ3v) is 3.03. The van der Waals surface area contributed by atoms with Crippen molar-refractivity contribution in [3.63, 3.8) is 0 Å². The minimum absolute atomic E-state index is 0.00849. The van der Waals surface area contributed by atoms with Crippen molar-refractivity contribution in [2.75, 3.05) is 20.3 Å². The molecule has 0 aliphatic carbocycles. The Kier molecular flexibility index (Phi) is 9.90. The van der Waals surface area contributed by atoms with Crippen molar-refractivity contribution in [2.24, 2.45) is 0 Å². The smallest absolute Gasteiger partial charge is 0.410 e. The third kappa shape index (κ3) is 7.89. The Morgan fingerprint density at radius 3 is 2.26 bits per heavy atom. The van der Waals surface area contributed by atoms with Gasteiger partial charge in [0.2, 0.25) is 0 Å². The van der Waals surface area contributed by atoms with E-state index in [0.29, 0.717) is 6.42 Å². The van der Waals surface area contributed by atoms with E-state index >= 15 is 0 Å². The van der Waals surface area contributed by atoms with Gasteiger partial charge in [-0.15, -0.1) is 0 Å². The van der Waals surface area contributed by atoms with Crippen LogP contribution in [0, 0.1) is 0 Å². The van der Waals surface area contributed by atoms with Crippen molar-refractivity contribution in [1.82, 2.24) is 10.2 Å². The van der Waals surface area contributed by atoms with E-state index in [1.807, 2.05) is 0 Å². The van der Waals surface area contributed by atoms with Gasteiger partial charge in [0, 0.05) is 7.05 Å². The molecule has 0 heterocycles. The van der Waals surface area contributed by atoms with E-state index in [4.69, 9.17) is 14.6 Å². The van der Waals surface area contributed by atoms with Crippen LogP contribution in [0.1, 0.15) is 19.8 Å². The number of alkyl carbamates (subject to hydrolysis) is 1. The van der Waals surface area contributed by atoms with Crippen molar-refractivity contribution in [1.29, 1.82) is 0 Å². The highest BCUT2D eigenvalue weighted by atomic mass is 16.6. The fourth-order valence-electron chi connectivity index (χ4n) is 1.89. The van der Waals surface area contributed by atoms with E-state index in [0.717, 1.165) is 4.90 Å².